The summed E-state index contributed by atoms with van der Waals surface area (Å²) >= 11 is 1.75. The number of aromatic nitrogens is 2. The van der Waals surface area contributed by atoms with Crippen LogP contribution in [0, 0.1) is 0 Å². The molecule has 0 bridgehead atoms. The zero-order valence-electron chi connectivity index (χ0n) is 13.5. The molecule has 0 aromatic carbocycles. The van der Waals surface area contributed by atoms with Crippen molar-refractivity contribution in [1.29, 1.82) is 0 Å². The van der Waals surface area contributed by atoms with Gasteiger partial charge < -0.3 is 14.6 Å². The van der Waals surface area contributed by atoms with Crippen molar-refractivity contribution in [3.05, 3.63) is 12.4 Å². The quantitative estimate of drug-likeness (QED) is 0.409. The van der Waals surface area contributed by atoms with E-state index in [2.05, 4.69) is 17.2 Å². The van der Waals surface area contributed by atoms with E-state index in [9.17, 15) is 4.79 Å². The van der Waals surface area contributed by atoms with Crippen LogP contribution in [0.5, 0.6) is 0 Å². The minimum Gasteiger partial charge on any atom is -0.468 e. The van der Waals surface area contributed by atoms with Gasteiger partial charge in [0, 0.05) is 25.2 Å². The minimum atomic E-state index is -0.571. The number of rotatable bonds is 10. The number of carbonyl (C=O) groups excluding carboxylic acids is 1. The second-order valence-electron chi connectivity index (χ2n) is 5.38. The summed E-state index contributed by atoms with van der Waals surface area (Å²) in [7, 11) is 3.45. The van der Waals surface area contributed by atoms with Crippen LogP contribution in [0.1, 0.15) is 39.5 Å². The van der Waals surface area contributed by atoms with Crippen LogP contribution in [0.4, 0.5) is 0 Å². The molecule has 21 heavy (non-hydrogen) atoms. The SMILES string of the molecule is CCCNC(C)(CCCCSc1nccn1C)C(=O)OC. The number of nitrogens with zero attached hydrogens (tertiary/aromatic N) is 2. The number of nitrogens with one attached hydrogen (secondary N) is 1. The van der Waals surface area contributed by atoms with Gasteiger partial charge >= 0.3 is 5.97 Å². The highest BCUT2D eigenvalue weighted by Crippen LogP contribution is 2.20. The number of methoxy groups -OCH3 is 1. The molecule has 0 aliphatic carbocycles. The van der Waals surface area contributed by atoms with Gasteiger partial charge in [-0.25, -0.2) is 4.98 Å². The lowest BCUT2D eigenvalue weighted by Gasteiger charge is -2.28. The molecule has 1 rings (SSSR count). The molecule has 0 aliphatic rings. The van der Waals surface area contributed by atoms with Crippen molar-refractivity contribution in [3.63, 3.8) is 0 Å². The fourth-order valence-electron chi connectivity index (χ4n) is 2.12. The van der Waals surface area contributed by atoms with Crippen LogP contribution >= 0.6 is 11.8 Å². The summed E-state index contributed by atoms with van der Waals surface area (Å²) in [6.45, 7) is 4.85. The summed E-state index contributed by atoms with van der Waals surface area (Å²) in [5, 5.41) is 4.35. The molecule has 1 aromatic heterocycles. The maximum atomic E-state index is 11.9. The molecule has 0 radical (unpaired) electrons. The van der Waals surface area contributed by atoms with E-state index in [0.29, 0.717) is 0 Å². The summed E-state index contributed by atoms with van der Waals surface area (Å²) in [5.41, 5.74) is -0.571. The molecule has 0 saturated heterocycles. The molecule has 0 aliphatic heterocycles. The number of esters is 1. The molecule has 0 amide bonds. The fraction of sp³-hybridized carbons (Fsp3) is 0.733. The lowest BCUT2D eigenvalue weighted by Crippen LogP contribution is -2.50. The van der Waals surface area contributed by atoms with E-state index in [4.69, 9.17) is 4.74 Å². The maximum absolute atomic E-state index is 11.9. The van der Waals surface area contributed by atoms with Gasteiger partial charge in [0.25, 0.3) is 0 Å². The number of hydrogen-bond acceptors (Lipinski definition) is 5. The van der Waals surface area contributed by atoms with Gasteiger partial charge in [-0.2, -0.15) is 0 Å². The second kappa shape index (κ2) is 9.10. The minimum absolute atomic E-state index is 0.173. The summed E-state index contributed by atoms with van der Waals surface area (Å²) in [4.78, 5) is 16.2. The van der Waals surface area contributed by atoms with Gasteiger partial charge in [-0.1, -0.05) is 25.1 Å². The molecule has 0 spiro atoms. The van der Waals surface area contributed by atoms with E-state index in [-0.39, 0.29) is 5.97 Å². The van der Waals surface area contributed by atoms with Crippen molar-refractivity contribution in [2.45, 2.75) is 50.2 Å². The van der Waals surface area contributed by atoms with Crippen molar-refractivity contribution in [2.75, 3.05) is 19.4 Å². The molecular formula is C15H27N3O2S. The van der Waals surface area contributed by atoms with Crippen molar-refractivity contribution >= 4 is 17.7 Å². The first-order valence-corrected chi connectivity index (χ1v) is 8.45. The summed E-state index contributed by atoms with van der Waals surface area (Å²) in [6.07, 6.45) is 7.59. The van der Waals surface area contributed by atoms with Gasteiger partial charge in [-0.15, -0.1) is 0 Å². The number of unbranched alkanes of at least 4 members (excludes halogenated alkanes) is 1. The van der Waals surface area contributed by atoms with Crippen LogP contribution in [0.25, 0.3) is 0 Å². The first kappa shape index (κ1) is 18.0. The Bertz CT molecular complexity index is 436. The van der Waals surface area contributed by atoms with Crippen LogP contribution in [-0.2, 0) is 16.6 Å². The first-order chi connectivity index (χ1) is 10.0. The Kier molecular flexibility index (Phi) is 7.82. The molecular weight excluding hydrogens is 286 g/mol. The van der Waals surface area contributed by atoms with Crippen LogP contribution in [0.15, 0.2) is 17.6 Å². The van der Waals surface area contributed by atoms with Gasteiger partial charge in [0.2, 0.25) is 0 Å². The predicted octanol–water partition coefficient (Wildman–Crippen LogP) is 2.61. The highest BCUT2D eigenvalue weighted by molar-refractivity contribution is 7.99. The van der Waals surface area contributed by atoms with Gasteiger partial charge in [-0.3, -0.25) is 4.79 Å². The van der Waals surface area contributed by atoms with E-state index in [1.54, 1.807) is 11.8 Å². The predicted molar refractivity (Wildman–Crippen MR) is 86.5 cm³/mol. The van der Waals surface area contributed by atoms with Gasteiger partial charge in [0.15, 0.2) is 5.16 Å². The van der Waals surface area contributed by atoms with E-state index in [0.717, 1.165) is 43.1 Å². The Labute approximate surface area is 131 Å². The standard InChI is InChI=1S/C15H27N3O2S/c1-5-9-17-15(2,13(19)20-4)8-6-7-12-21-14-16-10-11-18(14)3/h10-11,17H,5-9,12H2,1-4H3. The van der Waals surface area contributed by atoms with Crippen molar-refractivity contribution in [1.82, 2.24) is 14.9 Å². The Balaban J connectivity index is 2.33. The number of carbonyl (C=O) groups is 1. The third kappa shape index (κ3) is 5.71. The third-order valence-electron chi connectivity index (χ3n) is 3.48. The monoisotopic (exact) mass is 313 g/mol. The molecule has 1 unspecified atom stereocenters. The molecule has 120 valence electrons. The van der Waals surface area contributed by atoms with Gasteiger partial charge in [0.05, 0.1) is 7.11 Å². The Hall–Kier alpha value is -1.01. The third-order valence-corrected chi connectivity index (χ3v) is 4.62. The number of thioether (sulfide) groups is 1. The van der Waals surface area contributed by atoms with Crippen molar-refractivity contribution in [2.24, 2.45) is 7.05 Å². The molecule has 1 aromatic rings. The summed E-state index contributed by atoms with van der Waals surface area (Å²) in [5.74, 6) is 0.836. The summed E-state index contributed by atoms with van der Waals surface area (Å²) < 4.78 is 6.94. The lowest BCUT2D eigenvalue weighted by atomic mass is 9.95. The molecule has 1 atom stereocenters. The number of imidazole rings is 1. The van der Waals surface area contributed by atoms with E-state index in [1.165, 1.54) is 7.11 Å². The molecule has 1 heterocycles. The van der Waals surface area contributed by atoms with Crippen LogP contribution in [0.3, 0.4) is 0 Å². The zero-order valence-corrected chi connectivity index (χ0v) is 14.3. The van der Waals surface area contributed by atoms with Crippen molar-refractivity contribution < 1.29 is 9.53 Å². The van der Waals surface area contributed by atoms with E-state index in [1.807, 2.05) is 30.9 Å². The fourth-order valence-corrected chi connectivity index (χ4v) is 3.05. The number of ether oxygens (including phenoxy) is 1. The number of hydrogen-bond donors (Lipinski definition) is 1. The highest BCUT2D eigenvalue weighted by atomic mass is 32.2. The van der Waals surface area contributed by atoms with E-state index >= 15 is 0 Å². The van der Waals surface area contributed by atoms with Gasteiger partial charge in [0.1, 0.15) is 5.54 Å². The van der Waals surface area contributed by atoms with Crippen LogP contribution in [0.2, 0.25) is 0 Å². The highest BCUT2D eigenvalue weighted by Gasteiger charge is 2.32. The molecule has 0 fully saturated rings. The van der Waals surface area contributed by atoms with Crippen LogP contribution in [-0.4, -0.2) is 40.5 Å². The first-order valence-electron chi connectivity index (χ1n) is 7.47. The molecule has 1 N–H and O–H groups in total. The topological polar surface area (TPSA) is 56.2 Å². The average Bonchev–Trinajstić information content (AvgIpc) is 2.89. The molecule has 6 heteroatoms. The Morgan fingerprint density at radius 1 is 1.52 bits per heavy atom. The summed E-state index contributed by atoms with van der Waals surface area (Å²) in [6, 6.07) is 0. The molecule has 5 nitrogen and oxygen atoms in total. The largest absolute Gasteiger partial charge is 0.468 e. The zero-order chi connectivity index (χ0) is 15.7. The second-order valence-corrected chi connectivity index (χ2v) is 6.44. The Morgan fingerprint density at radius 3 is 2.86 bits per heavy atom. The van der Waals surface area contributed by atoms with Crippen molar-refractivity contribution in [3.8, 4) is 0 Å². The Morgan fingerprint density at radius 2 is 2.29 bits per heavy atom. The molecule has 0 saturated carbocycles. The van der Waals surface area contributed by atoms with E-state index < -0.39 is 5.54 Å². The average molecular weight is 313 g/mol. The van der Waals surface area contributed by atoms with Gasteiger partial charge in [-0.05, 0) is 32.7 Å². The smallest absolute Gasteiger partial charge is 0.325 e. The number of aryl methyl sites for hydroxylation is 1. The maximum Gasteiger partial charge on any atom is 0.325 e. The van der Waals surface area contributed by atoms with Crippen LogP contribution < -0.4 is 5.32 Å². The normalized spacial score (nSPS) is 13.9. The lowest BCUT2D eigenvalue weighted by molar-refractivity contribution is -0.148.